The molecule has 0 bridgehead atoms. The van der Waals surface area contributed by atoms with Crippen molar-refractivity contribution < 1.29 is 19.0 Å². The molecule has 0 aliphatic carbocycles. The molecule has 0 radical (unpaired) electrons. The topological polar surface area (TPSA) is 48.1 Å². The maximum absolute atomic E-state index is 12.4. The fraction of sp³-hybridized carbons (Fsp3) is 0.759. The van der Waals surface area contributed by atoms with Gasteiger partial charge in [0.25, 0.3) is 0 Å². The monoisotopic (exact) mass is 460 g/mol. The van der Waals surface area contributed by atoms with Crippen molar-refractivity contribution in [1.82, 2.24) is 0 Å². The molecule has 0 spiro atoms. The first-order valence-electron chi connectivity index (χ1n) is 13.2. The van der Waals surface area contributed by atoms with E-state index in [0.717, 1.165) is 37.7 Å². The van der Waals surface area contributed by atoms with Gasteiger partial charge in [0, 0.05) is 25.4 Å². The molecular weight excluding hydrogens is 412 g/mol. The summed E-state index contributed by atoms with van der Waals surface area (Å²) in [5.74, 6) is 1.61. The number of hydrogen-bond acceptors (Lipinski definition) is 4. The number of epoxide rings is 1. The van der Waals surface area contributed by atoms with Gasteiger partial charge >= 0.3 is 5.97 Å². The van der Waals surface area contributed by atoms with Gasteiger partial charge in [-0.1, -0.05) is 77.8 Å². The Labute approximate surface area is 202 Å². The van der Waals surface area contributed by atoms with Crippen molar-refractivity contribution in [2.24, 2.45) is 23.7 Å². The quantitative estimate of drug-likeness (QED) is 0.160. The summed E-state index contributed by atoms with van der Waals surface area (Å²) in [6.07, 6.45) is 18.5. The highest BCUT2D eigenvalue weighted by atomic mass is 16.6. The lowest BCUT2D eigenvalue weighted by Gasteiger charge is -2.24. The summed E-state index contributed by atoms with van der Waals surface area (Å²) < 4.78 is 17.5. The highest BCUT2D eigenvalue weighted by molar-refractivity contribution is 5.69. The molecule has 1 fully saturated rings. The van der Waals surface area contributed by atoms with Gasteiger partial charge in [-0.25, -0.2) is 0 Å². The van der Waals surface area contributed by atoms with Gasteiger partial charge in [0.15, 0.2) is 0 Å². The molecule has 0 aromatic heterocycles. The van der Waals surface area contributed by atoms with Gasteiger partial charge in [-0.2, -0.15) is 0 Å². The van der Waals surface area contributed by atoms with Crippen molar-refractivity contribution in [3.05, 3.63) is 36.0 Å². The van der Waals surface area contributed by atoms with Crippen LogP contribution in [-0.2, 0) is 19.0 Å². The number of carbonyl (C=O) groups is 1. The van der Waals surface area contributed by atoms with E-state index in [9.17, 15) is 4.79 Å². The minimum atomic E-state index is -0.208. The zero-order valence-electron chi connectivity index (χ0n) is 22.1. The Morgan fingerprint density at radius 3 is 2.73 bits per heavy atom. The zero-order chi connectivity index (χ0) is 24.4. The molecule has 4 nitrogen and oxygen atoms in total. The maximum Gasteiger partial charge on any atom is 0.306 e. The van der Waals surface area contributed by atoms with E-state index in [1.54, 1.807) is 7.11 Å². The molecule has 2 aliphatic heterocycles. The predicted octanol–water partition coefficient (Wildman–Crippen LogP) is 7.05. The van der Waals surface area contributed by atoms with E-state index < -0.39 is 0 Å². The molecule has 2 heterocycles. The lowest BCUT2D eigenvalue weighted by molar-refractivity contribution is -0.148. The van der Waals surface area contributed by atoms with Crippen molar-refractivity contribution >= 4 is 5.97 Å². The molecule has 2 rings (SSSR count). The average molecular weight is 461 g/mol. The lowest BCUT2D eigenvalue weighted by Crippen LogP contribution is -2.25. The third-order valence-corrected chi connectivity index (χ3v) is 7.33. The van der Waals surface area contributed by atoms with Crippen LogP contribution in [-0.4, -0.2) is 37.5 Å². The molecule has 0 N–H and O–H groups in total. The summed E-state index contributed by atoms with van der Waals surface area (Å²) in [5, 5.41) is 0. The Morgan fingerprint density at radius 1 is 1.27 bits per heavy atom. The van der Waals surface area contributed by atoms with Crippen molar-refractivity contribution in [1.29, 1.82) is 0 Å². The van der Waals surface area contributed by atoms with Crippen LogP contribution >= 0.6 is 0 Å². The molecule has 0 aromatic rings. The lowest BCUT2D eigenvalue weighted by atomic mass is 9.93. The van der Waals surface area contributed by atoms with E-state index in [0.29, 0.717) is 36.4 Å². The second-order valence-electron chi connectivity index (χ2n) is 10.5. The summed E-state index contributed by atoms with van der Waals surface area (Å²) in [6, 6.07) is 0. The Kier molecular flexibility index (Phi) is 11.9. The van der Waals surface area contributed by atoms with E-state index in [4.69, 9.17) is 14.2 Å². The Bertz CT molecular complexity index is 675. The molecule has 8 unspecified atom stereocenters. The Morgan fingerprint density at radius 2 is 2.03 bits per heavy atom. The molecule has 188 valence electrons. The van der Waals surface area contributed by atoms with E-state index in [-0.39, 0.29) is 24.1 Å². The van der Waals surface area contributed by atoms with Gasteiger partial charge in [0.05, 0.1) is 18.3 Å². The van der Waals surface area contributed by atoms with Crippen LogP contribution in [0.25, 0.3) is 0 Å². The minimum absolute atomic E-state index is 0.0777. The second kappa shape index (κ2) is 14.1. The van der Waals surface area contributed by atoms with E-state index in [2.05, 4.69) is 71.9 Å². The normalized spacial score (nSPS) is 32.5. The van der Waals surface area contributed by atoms with E-state index in [1.165, 1.54) is 6.42 Å². The van der Waals surface area contributed by atoms with Gasteiger partial charge in [-0.3, -0.25) is 4.79 Å². The molecule has 0 amide bonds. The number of allylic oxidation sites excluding steroid dienone is 4. The Balaban J connectivity index is 1.93. The summed E-state index contributed by atoms with van der Waals surface area (Å²) in [6.45, 7) is 13.1. The van der Waals surface area contributed by atoms with Crippen LogP contribution in [0.3, 0.4) is 0 Å². The maximum atomic E-state index is 12.4. The van der Waals surface area contributed by atoms with Crippen molar-refractivity contribution in [3.63, 3.8) is 0 Å². The number of esters is 1. The standard InChI is InChI=1S/C29H48O4/c1-8-25(31-7)24(6)29-26(32-29)19-21(3)15-12-17-23(5)28-22(4)16-11-14-20(2)13-9-10-18-27(30)33-28/h11-12,15-17,20-22,24-26,28-29H,8-10,13-14,18-19H2,1-7H3. The molecule has 4 heteroatoms. The average Bonchev–Trinajstić information content (AvgIpc) is 3.53. The van der Waals surface area contributed by atoms with Crippen LogP contribution < -0.4 is 0 Å². The number of carbonyl (C=O) groups excluding carboxylic acids is 1. The summed E-state index contributed by atoms with van der Waals surface area (Å²) in [4.78, 5) is 12.4. The Hall–Kier alpha value is -1.39. The summed E-state index contributed by atoms with van der Waals surface area (Å²) in [5.41, 5.74) is 1.09. The zero-order valence-corrected chi connectivity index (χ0v) is 22.1. The SMILES string of the molecule is CCC(OC)C(C)C1OC1CC(C)C=CC=C(C)C1OC(=O)CCCCC(C)CC=CC1C. The number of ether oxygens (including phenoxy) is 3. The van der Waals surface area contributed by atoms with Crippen LogP contribution in [0.2, 0.25) is 0 Å². The van der Waals surface area contributed by atoms with Gasteiger partial charge < -0.3 is 14.2 Å². The molecule has 0 aromatic carbocycles. The molecule has 0 saturated carbocycles. The second-order valence-corrected chi connectivity index (χ2v) is 10.5. The summed E-state index contributed by atoms with van der Waals surface area (Å²) >= 11 is 0. The smallest absolute Gasteiger partial charge is 0.306 e. The summed E-state index contributed by atoms with van der Waals surface area (Å²) in [7, 11) is 1.79. The first-order chi connectivity index (χ1) is 15.8. The molecule has 2 aliphatic rings. The first-order valence-corrected chi connectivity index (χ1v) is 13.2. The molecular formula is C29H48O4. The highest BCUT2D eigenvalue weighted by Gasteiger charge is 2.45. The number of methoxy groups -OCH3 is 1. The van der Waals surface area contributed by atoms with Crippen LogP contribution in [0.15, 0.2) is 36.0 Å². The third kappa shape index (κ3) is 9.41. The largest absolute Gasteiger partial charge is 0.457 e. The molecule has 8 atom stereocenters. The third-order valence-electron chi connectivity index (χ3n) is 7.33. The van der Waals surface area contributed by atoms with Gasteiger partial charge in [0.2, 0.25) is 0 Å². The number of hydrogen-bond donors (Lipinski definition) is 0. The van der Waals surface area contributed by atoms with Crippen molar-refractivity contribution in [2.45, 2.75) is 111 Å². The van der Waals surface area contributed by atoms with Crippen molar-refractivity contribution in [3.8, 4) is 0 Å². The molecule has 33 heavy (non-hydrogen) atoms. The van der Waals surface area contributed by atoms with Crippen LogP contribution in [0, 0.1) is 23.7 Å². The first kappa shape index (κ1) is 27.9. The fourth-order valence-electron chi connectivity index (χ4n) is 5.03. The van der Waals surface area contributed by atoms with Crippen LogP contribution in [0.5, 0.6) is 0 Å². The van der Waals surface area contributed by atoms with Gasteiger partial charge in [0.1, 0.15) is 6.10 Å². The molecule has 1 saturated heterocycles. The van der Waals surface area contributed by atoms with Crippen molar-refractivity contribution in [2.75, 3.05) is 7.11 Å². The highest BCUT2D eigenvalue weighted by Crippen LogP contribution is 2.37. The van der Waals surface area contributed by atoms with E-state index >= 15 is 0 Å². The van der Waals surface area contributed by atoms with Crippen LogP contribution in [0.4, 0.5) is 0 Å². The fourth-order valence-corrected chi connectivity index (χ4v) is 5.03. The van der Waals surface area contributed by atoms with Gasteiger partial charge in [-0.05, 0) is 50.0 Å². The predicted molar refractivity (Wildman–Crippen MR) is 136 cm³/mol. The minimum Gasteiger partial charge on any atom is -0.457 e. The van der Waals surface area contributed by atoms with E-state index in [1.807, 2.05) is 0 Å². The number of rotatable bonds is 9. The number of cyclic esters (lactones) is 1. The van der Waals surface area contributed by atoms with Crippen LogP contribution in [0.1, 0.15) is 86.5 Å². The van der Waals surface area contributed by atoms with Gasteiger partial charge in [-0.15, -0.1) is 0 Å².